The lowest BCUT2D eigenvalue weighted by atomic mass is 9.89. The van der Waals surface area contributed by atoms with E-state index in [0.29, 0.717) is 35.5 Å². The van der Waals surface area contributed by atoms with E-state index < -0.39 is 11.7 Å². The Labute approximate surface area is 213 Å². The van der Waals surface area contributed by atoms with E-state index in [1.807, 2.05) is 13.2 Å². The van der Waals surface area contributed by atoms with Gasteiger partial charge in [0.15, 0.2) is 5.82 Å². The molecule has 5 heterocycles. The van der Waals surface area contributed by atoms with Crippen molar-refractivity contribution in [3.8, 4) is 11.3 Å². The van der Waals surface area contributed by atoms with Gasteiger partial charge in [0.2, 0.25) is 0 Å². The summed E-state index contributed by atoms with van der Waals surface area (Å²) in [6, 6.07) is 6.42. The third kappa shape index (κ3) is 4.37. The summed E-state index contributed by atoms with van der Waals surface area (Å²) in [6.07, 6.45) is 3.54. The minimum atomic E-state index is -4.53. The number of aromatic nitrogens is 4. The topological polar surface area (TPSA) is 68.1 Å². The molecule has 6 atom stereocenters. The van der Waals surface area contributed by atoms with Gasteiger partial charge in [-0.25, -0.2) is 0 Å². The van der Waals surface area contributed by atoms with Crippen LogP contribution >= 0.6 is 0 Å². The highest BCUT2D eigenvalue weighted by atomic mass is 19.4. The lowest BCUT2D eigenvalue weighted by molar-refractivity contribution is -0.137. The number of halogens is 3. The van der Waals surface area contributed by atoms with Gasteiger partial charge in [-0.05, 0) is 62.1 Å². The van der Waals surface area contributed by atoms with Crippen LogP contribution in [0, 0.1) is 17.8 Å². The van der Waals surface area contributed by atoms with Crippen LogP contribution in [0.2, 0.25) is 0 Å². The van der Waals surface area contributed by atoms with Crippen molar-refractivity contribution < 1.29 is 17.9 Å². The first-order chi connectivity index (χ1) is 17.8. The molecule has 196 valence electrons. The van der Waals surface area contributed by atoms with Gasteiger partial charge in [0, 0.05) is 55.8 Å². The maximum atomic E-state index is 14.1. The summed E-state index contributed by atoms with van der Waals surface area (Å²) in [7, 11) is 1.81. The smallest absolute Gasteiger partial charge is 0.375 e. The number of fused-ring (bicyclic) bond motifs is 4. The van der Waals surface area contributed by atoms with E-state index in [-0.39, 0.29) is 17.6 Å². The molecule has 10 heteroatoms. The summed E-state index contributed by atoms with van der Waals surface area (Å²) in [4.78, 5) is 2.56. The van der Waals surface area contributed by atoms with Crippen molar-refractivity contribution in [2.75, 3.05) is 25.0 Å². The summed E-state index contributed by atoms with van der Waals surface area (Å²) in [5, 5.41) is 16.5. The van der Waals surface area contributed by atoms with E-state index >= 15 is 0 Å². The minimum absolute atomic E-state index is 0.0176. The number of rotatable bonds is 5. The predicted molar refractivity (Wildman–Crippen MR) is 133 cm³/mol. The van der Waals surface area contributed by atoms with E-state index in [2.05, 4.69) is 25.5 Å². The highest BCUT2D eigenvalue weighted by molar-refractivity contribution is 5.83. The van der Waals surface area contributed by atoms with Crippen molar-refractivity contribution in [2.45, 2.75) is 56.5 Å². The zero-order valence-electron chi connectivity index (χ0n) is 20.8. The minimum Gasteiger partial charge on any atom is -0.375 e. The number of nitrogens with one attached hydrogen (secondary N) is 1. The Morgan fingerprint density at radius 2 is 1.86 bits per heavy atom. The average molecular weight is 513 g/mol. The summed E-state index contributed by atoms with van der Waals surface area (Å²) in [5.41, 5.74) is 0.801. The molecule has 3 saturated heterocycles. The Hall–Kier alpha value is -2.72. The first kappa shape index (κ1) is 23.4. The normalized spacial score (nSPS) is 31.5. The quantitative estimate of drug-likeness (QED) is 0.533. The van der Waals surface area contributed by atoms with Crippen LogP contribution in [0.3, 0.4) is 0 Å². The largest absolute Gasteiger partial charge is 0.420 e. The van der Waals surface area contributed by atoms with Gasteiger partial charge in [-0.3, -0.25) is 4.68 Å². The second-order valence-electron chi connectivity index (χ2n) is 11.5. The molecule has 2 aromatic heterocycles. The number of likely N-dealkylation sites (tertiary alicyclic amines) is 1. The molecular formula is C27H31F3N6O. The molecule has 1 saturated carbocycles. The molecule has 7 rings (SSSR count). The first-order valence-corrected chi connectivity index (χ1v) is 13.3. The summed E-state index contributed by atoms with van der Waals surface area (Å²) in [6.45, 7) is 3.16. The maximum absolute atomic E-state index is 14.1. The predicted octanol–water partition coefficient (Wildman–Crippen LogP) is 4.74. The molecule has 1 aliphatic carbocycles. The van der Waals surface area contributed by atoms with Crippen LogP contribution in [0.4, 0.5) is 19.0 Å². The Kier molecular flexibility index (Phi) is 5.48. The van der Waals surface area contributed by atoms with Crippen molar-refractivity contribution in [1.29, 1.82) is 0 Å². The molecule has 3 aromatic rings. The van der Waals surface area contributed by atoms with Crippen LogP contribution < -0.4 is 5.32 Å². The molecule has 7 nitrogen and oxygen atoms in total. The molecule has 4 fully saturated rings. The Bertz CT molecular complexity index is 1310. The van der Waals surface area contributed by atoms with Crippen LogP contribution in [-0.4, -0.2) is 62.8 Å². The van der Waals surface area contributed by atoms with Gasteiger partial charge in [-0.1, -0.05) is 6.07 Å². The van der Waals surface area contributed by atoms with Crippen molar-refractivity contribution in [1.82, 2.24) is 24.9 Å². The zero-order valence-corrected chi connectivity index (χ0v) is 20.8. The molecule has 4 aliphatic rings. The van der Waals surface area contributed by atoms with Gasteiger partial charge in [-0.15, -0.1) is 10.2 Å². The lowest BCUT2D eigenvalue weighted by Gasteiger charge is -2.26. The Morgan fingerprint density at radius 3 is 2.57 bits per heavy atom. The summed E-state index contributed by atoms with van der Waals surface area (Å²) >= 11 is 0. The third-order valence-electron chi connectivity index (χ3n) is 8.91. The number of alkyl halides is 3. The van der Waals surface area contributed by atoms with Gasteiger partial charge >= 0.3 is 6.18 Å². The fourth-order valence-corrected chi connectivity index (χ4v) is 7.29. The van der Waals surface area contributed by atoms with E-state index in [0.717, 1.165) is 49.4 Å². The molecule has 3 aliphatic heterocycles. The fraction of sp³-hybridized carbons (Fsp3) is 0.593. The molecule has 0 amide bonds. The van der Waals surface area contributed by atoms with Gasteiger partial charge < -0.3 is 15.0 Å². The van der Waals surface area contributed by atoms with E-state index in [4.69, 9.17) is 4.74 Å². The highest BCUT2D eigenvalue weighted by Crippen LogP contribution is 2.44. The monoisotopic (exact) mass is 512 g/mol. The fourth-order valence-electron chi connectivity index (χ4n) is 7.29. The van der Waals surface area contributed by atoms with Gasteiger partial charge in [0.05, 0.1) is 23.4 Å². The highest BCUT2D eigenvalue weighted by Gasteiger charge is 2.46. The number of ether oxygens (including phenoxy) is 1. The molecule has 37 heavy (non-hydrogen) atoms. The van der Waals surface area contributed by atoms with Crippen LogP contribution in [0.25, 0.3) is 22.2 Å². The maximum Gasteiger partial charge on any atom is 0.420 e. The molecule has 1 aromatic carbocycles. The van der Waals surface area contributed by atoms with E-state index in [9.17, 15) is 13.2 Å². The zero-order chi connectivity index (χ0) is 25.3. The van der Waals surface area contributed by atoms with Crippen molar-refractivity contribution in [3.05, 3.63) is 36.0 Å². The summed E-state index contributed by atoms with van der Waals surface area (Å²) in [5.74, 6) is 1.52. The second kappa shape index (κ2) is 8.66. The van der Waals surface area contributed by atoms with Gasteiger partial charge in [0.1, 0.15) is 5.56 Å². The van der Waals surface area contributed by atoms with Crippen LogP contribution in [0.5, 0.6) is 0 Å². The molecule has 2 unspecified atom stereocenters. The van der Waals surface area contributed by atoms with Crippen molar-refractivity contribution in [2.24, 2.45) is 24.8 Å². The van der Waals surface area contributed by atoms with Gasteiger partial charge in [0.25, 0.3) is 0 Å². The van der Waals surface area contributed by atoms with Crippen molar-refractivity contribution in [3.63, 3.8) is 0 Å². The number of hydrogen-bond donors (Lipinski definition) is 1. The van der Waals surface area contributed by atoms with Crippen LogP contribution in [0.1, 0.15) is 37.7 Å². The third-order valence-corrected chi connectivity index (χ3v) is 8.91. The molecular weight excluding hydrogens is 481 g/mol. The van der Waals surface area contributed by atoms with Crippen molar-refractivity contribution >= 4 is 16.7 Å². The molecule has 1 N–H and O–H groups in total. The summed E-state index contributed by atoms with van der Waals surface area (Å²) < 4.78 is 49.9. The molecule has 0 radical (unpaired) electrons. The van der Waals surface area contributed by atoms with Crippen LogP contribution in [0.15, 0.2) is 30.5 Å². The van der Waals surface area contributed by atoms with E-state index in [1.165, 1.54) is 19.3 Å². The molecule has 2 bridgehead atoms. The standard InChI is InChI=1S/C27H31F3N6O/c1-35-11-18-6-15(2-4-23(18)34-35)24-10-22(27(28,29)30)26(33-32-24)31-20-7-16-12-36(13-17(16)8-20)14-19-9-21-3-5-25(19)37-21/h2,4,6,10-11,16-17,19-21,25H,3,5,7-9,12-14H2,1H3,(H,31,33)/t16-,17+,19-,20+,21?,25?/m0/s1. The van der Waals surface area contributed by atoms with Gasteiger partial charge in [-0.2, -0.15) is 18.3 Å². The number of anilines is 1. The number of nitrogens with zero attached hydrogens (tertiary/aromatic N) is 5. The average Bonchev–Trinajstić information content (AvgIpc) is 3.65. The van der Waals surface area contributed by atoms with E-state index in [1.54, 1.807) is 22.9 Å². The first-order valence-electron chi connectivity index (χ1n) is 13.3. The SMILES string of the molecule is Cn1cc2cc(-c3cc(C(F)(F)F)c(N[C@H]4C[C@@H]5CN(C[C@@H]6CC7CCC6O7)C[C@@H]5C4)nn3)ccc2n1. The number of benzene rings is 1. The Morgan fingerprint density at radius 1 is 1.05 bits per heavy atom. The van der Waals surface area contributed by atoms with Crippen LogP contribution in [-0.2, 0) is 18.0 Å². The lowest BCUT2D eigenvalue weighted by Crippen LogP contribution is -2.34. The number of hydrogen-bond acceptors (Lipinski definition) is 6. The molecule has 0 spiro atoms. The Balaban J connectivity index is 1.04. The second-order valence-corrected chi connectivity index (χ2v) is 11.5. The number of aryl methyl sites for hydroxylation is 1.